The fraction of sp³-hybridized carbons (Fsp3) is 0.143. The Balaban J connectivity index is 0.00000210. The molecular formula is C21H19ClN2O3. The van der Waals surface area contributed by atoms with Gasteiger partial charge in [0.25, 0.3) is 0 Å². The lowest BCUT2D eigenvalue weighted by atomic mass is 9.67. The highest BCUT2D eigenvalue weighted by Crippen LogP contribution is 2.46. The first-order valence-corrected chi connectivity index (χ1v) is 8.30. The van der Waals surface area contributed by atoms with Gasteiger partial charge in [0.15, 0.2) is 0 Å². The van der Waals surface area contributed by atoms with Crippen LogP contribution in [0.4, 0.5) is 5.69 Å². The minimum atomic E-state index is -0.886. The topological polar surface area (TPSA) is 100 Å². The number of halogens is 1. The monoisotopic (exact) mass is 382 g/mol. The number of rotatable bonds is 2. The van der Waals surface area contributed by atoms with Crippen LogP contribution < -0.4 is 11.1 Å². The Morgan fingerprint density at radius 3 is 2.74 bits per heavy atom. The van der Waals surface area contributed by atoms with Crippen LogP contribution in [0.3, 0.4) is 0 Å². The summed E-state index contributed by atoms with van der Waals surface area (Å²) in [7, 11) is 0. The maximum Gasteiger partial charge on any atom is 0.311 e. The third kappa shape index (κ3) is 2.90. The molecule has 27 heavy (non-hydrogen) atoms. The molecule has 0 spiro atoms. The molecule has 4 N–H and O–H groups in total. The van der Waals surface area contributed by atoms with E-state index in [4.69, 9.17) is 15.6 Å². The average Bonchev–Trinajstić information content (AvgIpc) is 2.59. The van der Waals surface area contributed by atoms with Crippen molar-refractivity contribution in [1.82, 2.24) is 0 Å². The summed E-state index contributed by atoms with van der Waals surface area (Å²) in [6.45, 7) is 1.92. The smallest absolute Gasteiger partial charge is 0.311 e. The molecule has 0 saturated carbocycles. The van der Waals surface area contributed by atoms with Gasteiger partial charge in [-0.25, -0.2) is 0 Å². The van der Waals surface area contributed by atoms with Crippen LogP contribution in [0.2, 0.25) is 0 Å². The van der Waals surface area contributed by atoms with Crippen molar-refractivity contribution in [2.75, 3.05) is 5.73 Å². The molecule has 0 fully saturated rings. The van der Waals surface area contributed by atoms with Crippen LogP contribution in [0, 0.1) is 11.3 Å². The fourth-order valence-electron chi connectivity index (χ4n) is 3.80. The standard InChI is InChI=1S/C21H18N2O3.ClH/c1-21(9-3-2-4-16(21)20(24)25)19-14-7-5-12(22)10-17(14)26-18-11-13(23)6-8-15(18)19;/h2-11,16,22H,23H2,1H3,(H,24,25);1H. The normalized spacial score (nSPS) is 21.3. The molecule has 3 aliphatic rings. The molecule has 0 amide bonds. The molecule has 0 aromatic heterocycles. The predicted octanol–water partition coefficient (Wildman–Crippen LogP) is 4.11. The summed E-state index contributed by atoms with van der Waals surface area (Å²) in [5.74, 6) is -1.06. The molecule has 1 aliphatic heterocycles. The van der Waals surface area contributed by atoms with E-state index in [1.54, 1.807) is 36.4 Å². The van der Waals surface area contributed by atoms with Crippen LogP contribution in [-0.2, 0) is 10.2 Å². The second kappa shape index (κ2) is 6.59. The minimum Gasteiger partial charge on any atom is -0.481 e. The number of allylic oxidation sites excluding steroid dienone is 3. The second-order valence-corrected chi connectivity index (χ2v) is 6.79. The lowest BCUT2D eigenvalue weighted by Crippen LogP contribution is -2.36. The van der Waals surface area contributed by atoms with Crippen molar-refractivity contribution < 1.29 is 14.3 Å². The highest BCUT2D eigenvalue weighted by atomic mass is 35.5. The van der Waals surface area contributed by atoms with E-state index in [1.165, 1.54) is 0 Å². The predicted molar refractivity (Wildman–Crippen MR) is 107 cm³/mol. The number of nitrogens with one attached hydrogen (secondary N) is 1. The summed E-state index contributed by atoms with van der Waals surface area (Å²) >= 11 is 0. The van der Waals surface area contributed by atoms with Crippen LogP contribution in [0.1, 0.15) is 12.5 Å². The van der Waals surface area contributed by atoms with Gasteiger partial charge in [-0.05, 0) is 29.8 Å². The molecule has 1 heterocycles. The van der Waals surface area contributed by atoms with Gasteiger partial charge in [0.2, 0.25) is 0 Å². The van der Waals surface area contributed by atoms with Crippen molar-refractivity contribution in [2.24, 2.45) is 5.92 Å². The molecule has 5 nitrogen and oxygen atoms in total. The van der Waals surface area contributed by atoms with Gasteiger partial charge in [-0.3, -0.25) is 4.79 Å². The molecular weight excluding hydrogens is 364 g/mol. The van der Waals surface area contributed by atoms with E-state index < -0.39 is 17.3 Å². The molecule has 0 bridgehead atoms. The number of nitrogens with two attached hydrogens (primary N) is 1. The van der Waals surface area contributed by atoms with Crippen LogP contribution in [0.5, 0.6) is 0 Å². The van der Waals surface area contributed by atoms with Crippen molar-refractivity contribution in [3.63, 3.8) is 0 Å². The highest BCUT2D eigenvalue weighted by molar-refractivity contribution is 5.93. The third-order valence-electron chi connectivity index (χ3n) is 5.05. The average molecular weight is 383 g/mol. The third-order valence-corrected chi connectivity index (χ3v) is 5.05. The van der Waals surface area contributed by atoms with Gasteiger partial charge in [-0.1, -0.05) is 31.2 Å². The van der Waals surface area contributed by atoms with Crippen molar-refractivity contribution in [3.8, 4) is 11.3 Å². The van der Waals surface area contributed by atoms with E-state index in [0.717, 1.165) is 16.5 Å². The molecule has 0 saturated heterocycles. The summed E-state index contributed by atoms with van der Waals surface area (Å²) in [5.41, 5.74) is 7.95. The van der Waals surface area contributed by atoms with Gasteiger partial charge in [-0.2, -0.15) is 0 Å². The van der Waals surface area contributed by atoms with E-state index in [9.17, 15) is 9.90 Å². The summed E-state index contributed by atoms with van der Waals surface area (Å²) in [6, 6.07) is 10.5. The van der Waals surface area contributed by atoms with Crippen molar-refractivity contribution in [3.05, 3.63) is 71.6 Å². The molecule has 2 atom stereocenters. The lowest BCUT2D eigenvalue weighted by molar-refractivity contribution is -0.141. The Kier molecular flexibility index (Phi) is 4.57. The maximum absolute atomic E-state index is 12.0. The number of carboxylic acids is 1. The van der Waals surface area contributed by atoms with Crippen molar-refractivity contribution in [2.45, 2.75) is 12.3 Å². The minimum absolute atomic E-state index is 0. The van der Waals surface area contributed by atoms with Gasteiger partial charge in [-0.15, -0.1) is 12.4 Å². The Hall–Kier alpha value is -3.05. The summed E-state index contributed by atoms with van der Waals surface area (Å²) in [4.78, 5) is 12.0. The number of benzene rings is 2. The van der Waals surface area contributed by atoms with E-state index in [-0.39, 0.29) is 12.4 Å². The molecule has 138 valence electrons. The first-order chi connectivity index (χ1) is 12.4. The Bertz CT molecular complexity index is 1130. The van der Waals surface area contributed by atoms with Crippen molar-refractivity contribution in [1.29, 1.82) is 5.41 Å². The first kappa shape index (κ1) is 18.7. The Labute approximate surface area is 162 Å². The fourth-order valence-corrected chi connectivity index (χ4v) is 3.80. The number of carboxylic acid groups (broad SMARTS) is 1. The molecule has 1 aromatic rings. The number of aliphatic carboxylic acids is 1. The molecule has 2 unspecified atom stereocenters. The summed E-state index contributed by atoms with van der Waals surface area (Å²) in [5, 5.41) is 18.8. The zero-order valence-electron chi connectivity index (χ0n) is 14.6. The largest absolute Gasteiger partial charge is 0.481 e. The summed E-state index contributed by atoms with van der Waals surface area (Å²) < 4.78 is 5.99. The molecule has 1 aromatic carbocycles. The van der Waals surface area contributed by atoms with Gasteiger partial charge < -0.3 is 20.7 Å². The van der Waals surface area contributed by atoms with E-state index in [1.807, 2.05) is 31.2 Å². The van der Waals surface area contributed by atoms with Gasteiger partial charge in [0, 0.05) is 34.2 Å². The highest BCUT2D eigenvalue weighted by Gasteiger charge is 2.41. The van der Waals surface area contributed by atoms with Crippen LogP contribution in [-0.4, -0.2) is 11.1 Å². The molecule has 2 aliphatic carbocycles. The SMILES string of the molecule is CC1(c2c3ccc(=N)cc-3oc3cc(N)ccc23)C=CC=CC1C(=O)O.Cl. The van der Waals surface area contributed by atoms with Crippen LogP contribution in [0.15, 0.2) is 65.1 Å². The first-order valence-electron chi connectivity index (χ1n) is 8.30. The maximum atomic E-state index is 12.0. The number of hydrogen-bond donors (Lipinski definition) is 3. The van der Waals surface area contributed by atoms with E-state index >= 15 is 0 Å². The molecule has 4 rings (SSSR count). The number of anilines is 1. The summed E-state index contributed by atoms with van der Waals surface area (Å²) in [6.07, 6.45) is 7.26. The number of hydrogen-bond acceptors (Lipinski definition) is 4. The van der Waals surface area contributed by atoms with Crippen LogP contribution >= 0.6 is 12.4 Å². The Morgan fingerprint density at radius 2 is 2.00 bits per heavy atom. The van der Waals surface area contributed by atoms with Gasteiger partial charge in [0.05, 0.1) is 11.3 Å². The van der Waals surface area contributed by atoms with Gasteiger partial charge in [0.1, 0.15) is 11.3 Å². The molecule has 0 radical (unpaired) electrons. The lowest BCUT2D eigenvalue weighted by Gasteiger charge is -2.36. The van der Waals surface area contributed by atoms with Gasteiger partial charge >= 0.3 is 5.97 Å². The Morgan fingerprint density at radius 1 is 1.22 bits per heavy atom. The van der Waals surface area contributed by atoms with Crippen LogP contribution in [0.25, 0.3) is 22.3 Å². The zero-order valence-corrected chi connectivity index (χ0v) is 15.4. The quantitative estimate of drug-likeness (QED) is 0.458. The number of carbonyl (C=O) groups is 1. The van der Waals surface area contributed by atoms with Crippen molar-refractivity contribution >= 4 is 35.0 Å². The van der Waals surface area contributed by atoms with E-state index in [2.05, 4.69) is 0 Å². The zero-order chi connectivity index (χ0) is 18.5. The molecule has 6 heteroatoms. The van der Waals surface area contributed by atoms with E-state index in [0.29, 0.717) is 22.4 Å². The second-order valence-electron chi connectivity index (χ2n) is 6.79. The number of fused-ring (bicyclic) bond motifs is 2. The number of nitrogen functional groups attached to an aromatic ring is 1.